The van der Waals surface area contributed by atoms with Crippen LogP contribution in [-0.2, 0) is 0 Å². The van der Waals surface area contributed by atoms with Gasteiger partial charge in [0.15, 0.2) is 0 Å². The van der Waals surface area contributed by atoms with Crippen LogP contribution in [0, 0.1) is 0 Å². The fourth-order valence-corrected chi connectivity index (χ4v) is 8.33. The summed E-state index contributed by atoms with van der Waals surface area (Å²) in [6, 6.07) is 72.3. The summed E-state index contributed by atoms with van der Waals surface area (Å²) in [5.74, 6) is 0. The molecule has 0 aliphatic heterocycles. The minimum absolute atomic E-state index is 0.884. The maximum atomic E-state index is 6.52. The number of fused-ring (bicyclic) bond motifs is 9. The second-order valence-corrected chi connectivity index (χ2v) is 14.1. The van der Waals surface area contributed by atoms with Crippen LogP contribution in [0.15, 0.2) is 205 Å². The molecular weight excluding hydrogens is 655 g/mol. The van der Waals surface area contributed by atoms with Gasteiger partial charge < -0.3 is 9.32 Å². The van der Waals surface area contributed by atoms with Gasteiger partial charge in [-0.3, -0.25) is 0 Å². The standard InChI is InChI=1S/C52H33NO/c1-2-11-38-31-39(18-17-34(38)9-1)35-19-24-41(25-20-35)53(43-28-30-51-50(33-43)48-29-23-36-10-3-6-14-45(36)52(48)54-51)42-26-21-37(22-27-42)49-32-40-12-4-5-13-44(40)46-15-7-8-16-47(46)49/h1-33H. The smallest absolute Gasteiger partial charge is 0.143 e. The van der Waals surface area contributed by atoms with Gasteiger partial charge in [-0.2, -0.15) is 0 Å². The van der Waals surface area contributed by atoms with E-state index in [1.165, 1.54) is 60.0 Å². The molecule has 0 radical (unpaired) electrons. The summed E-state index contributed by atoms with van der Waals surface area (Å²) in [7, 11) is 0. The van der Waals surface area contributed by atoms with Crippen molar-refractivity contribution in [2.75, 3.05) is 4.90 Å². The number of hydrogen-bond donors (Lipinski definition) is 0. The van der Waals surface area contributed by atoms with Crippen LogP contribution in [0.2, 0.25) is 0 Å². The van der Waals surface area contributed by atoms with Gasteiger partial charge in [0, 0.05) is 33.2 Å². The van der Waals surface area contributed by atoms with Gasteiger partial charge in [0.05, 0.1) is 0 Å². The first-order valence-corrected chi connectivity index (χ1v) is 18.5. The van der Waals surface area contributed by atoms with Gasteiger partial charge in [-0.1, -0.05) is 140 Å². The quantitative estimate of drug-likeness (QED) is 0.168. The average molecular weight is 688 g/mol. The van der Waals surface area contributed by atoms with Crippen LogP contribution in [0.25, 0.3) is 87.3 Å². The molecule has 1 heterocycles. The number of benzene rings is 10. The second kappa shape index (κ2) is 12.2. The Morgan fingerprint density at radius 1 is 0.296 bits per heavy atom. The number of nitrogens with zero attached hydrogens (tertiary/aromatic N) is 1. The van der Waals surface area contributed by atoms with Crippen molar-refractivity contribution in [1.82, 2.24) is 0 Å². The molecule has 0 aliphatic carbocycles. The highest BCUT2D eigenvalue weighted by atomic mass is 16.3. The maximum absolute atomic E-state index is 6.52. The van der Waals surface area contributed by atoms with E-state index in [-0.39, 0.29) is 0 Å². The lowest BCUT2D eigenvalue weighted by Crippen LogP contribution is -2.09. The van der Waals surface area contributed by atoms with Crippen LogP contribution in [0.1, 0.15) is 0 Å². The molecule has 11 aromatic rings. The third kappa shape index (κ3) is 4.96. The highest BCUT2D eigenvalue weighted by Crippen LogP contribution is 2.42. The molecule has 11 rings (SSSR count). The molecule has 0 amide bonds. The van der Waals surface area contributed by atoms with Gasteiger partial charge >= 0.3 is 0 Å². The van der Waals surface area contributed by atoms with Crippen molar-refractivity contribution in [2.45, 2.75) is 0 Å². The third-order valence-electron chi connectivity index (χ3n) is 11.0. The van der Waals surface area contributed by atoms with Crippen molar-refractivity contribution >= 4 is 82.1 Å². The average Bonchev–Trinajstić information content (AvgIpc) is 3.62. The van der Waals surface area contributed by atoms with Crippen molar-refractivity contribution in [1.29, 1.82) is 0 Å². The molecule has 0 spiro atoms. The Bertz CT molecular complexity index is 3210. The summed E-state index contributed by atoms with van der Waals surface area (Å²) in [6.07, 6.45) is 0. The van der Waals surface area contributed by atoms with Crippen LogP contribution >= 0.6 is 0 Å². The van der Waals surface area contributed by atoms with Gasteiger partial charge in [0.1, 0.15) is 11.2 Å². The molecule has 0 aliphatic rings. The lowest BCUT2D eigenvalue weighted by molar-refractivity contribution is 0.672. The zero-order valence-corrected chi connectivity index (χ0v) is 29.4. The first-order valence-electron chi connectivity index (χ1n) is 18.5. The van der Waals surface area contributed by atoms with Crippen molar-refractivity contribution in [3.63, 3.8) is 0 Å². The Morgan fingerprint density at radius 2 is 0.870 bits per heavy atom. The number of rotatable bonds is 5. The predicted molar refractivity (Wildman–Crippen MR) is 229 cm³/mol. The van der Waals surface area contributed by atoms with E-state index in [0.29, 0.717) is 0 Å². The molecular formula is C52H33NO. The molecule has 2 heteroatoms. The summed E-state index contributed by atoms with van der Waals surface area (Å²) in [6.45, 7) is 0. The minimum Gasteiger partial charge on any atom is -0.455 e. The number of furan rings is 1. The molecule has 0 unspecified atom stereocenters. The zero-order chi connectivity index (χ0) is 35.6. The lowest BCUT2D eigenvalue weighted by Gasteiger charge is -2.26. The Kier molecular flexibility index (Phi) is 6.90. The molecule has 0 fully saturated rings. The van der Waals surface area contributed by atoms with Crippen LogP contribution in [0.3, 0.4) is 0 Å². The van der Waals surface area contributed by atoms with E-state index < -0.39 is 0 Å². The Balaban J connectivity index is 1.05. The van der Waals surface area contributed by atoms with Crippen molar-refractivity contribution in [2.24, 2.45) is 0 Å². The molecule has 2 nitrogen and oxygen atoms in total. The van der Waals surface area contributed by atoms with Crippen LogP contribution in [0.4, 0.5) is 17.1 Å². The molecule has 54 heavy (non-hydrogen) atoms. The predicted octanol–water partition coefficient (Wildman–Crippen LogP) is 15.0. The molecule has 0 atom stereocenters. The summed E-state index contributed by atoms with van der Waals surface area (Å²) in [5, 5.41) is 12.1. The topological polar surface area (TPSA) is 16.4 Å². The van der Waals surface area contributed by atoms with Crippen LogP contribution in [0.5, 0.6) is 0 Å². The third-order valence-corrected chi connectivity index (χ3v) is 11.0. The number of anilines is 3. The minimum atomic E-state index is 0.884. The Hall–Kier alpha value is -7.16. The van der Waals surface area contributed by atoms with Crippen LogP contribution < -0.4 is 4.90 Å². The largest absolute Gasteiger partial charge is 0.455 e. The Morgan fingerprint density at radius 3 is 1.65 bits per heavy atom. The highest BCUT2D eigenvalue weighted by molar-refractivity contribution is 6.16. The molecule has 0 bridgehead atoms. The van der Waals surface area contributed by atoms with E-state index in [9.17, 15) is 0 Å². The van der Waals surface area contributed by atoms with Gasteiger partial charge in [-0.25, -0.2) is 0 Å². The van der Waals surface area contributed by atoms with Gasteiger partial charge in [-0.15, -0.1) is 0 Å². The van der Waals surface area contributed by atoms with E-state index in [2.05, 4.69) is 205 Å². The normalized spacial score (nSPS) is 11.7. The van der Waals surface area contributed by atoms with Crippen molar-refractivity contribution < 1.29 is 4.42 Å². The molecule has 0 N–H and O–H groups in total. The van der Waals surface area contributed by atoms with Crippen molar-refractivity contribution in [3.8, 4) is 22.3 Å². The second-order valence-electron chi connectivity index (χ2n) is 14.1. The van der Waals surface area contributed by atoms with Gasteiger partial charge in [0.2, 0.25) is 0 Å². The van der Waals surface area contributed by atoms with E-state index in [0.717, 1.165) is 44.4 Å². The van der Waals surface area contributed by atoms with Gasteiger partial charge in [0.25, 0.3) is 0 Å². The summed E-state index contributed by atoms with van der Waals surface area (Å²) in [5.41, 5.74) is 9.87. The summed E-state index contributed by atoms with van der Waals surface area (Å²) >= 11 is 0. The summed E-state index contributed by atoms with van der Waals surface area (Å²) < 4.78 is 6.52. The Labute approximate surface area is 312 Å². The highest BCUT2D eigenvalue weighted by Gasteiger charge is 2.18. The van der Waals surface area contributed by atoms with E-state index in [1.54, 1.807) is 0 Å². The van der Waals surface area contributed by atoms with Gasteiger partial charge in [-0.05, 0) is 121 Å². The molecule has 0 saturated carbocycles. The fraction of sp³-hybridized carbons (Fsp3) is 0. The SMILES string of the molecule is c1ccc2cc(-c3ccc(N(c4ccc(-c5cc6ccccc6c6ccccc56)cc4)c4ccc5oc6c7ccccc7ccc6c5c4)cc3)ccc2c1. The zero-order valence-electron chi connectivity index (χ0n) is 29.4. The molecule has 10 aromatic carbocycles. The van der Waals surface area contributed by atoms with E-state index >= 15 is 0 Å². The number of hydrogen-bond acceptors (Lipinski definition) is 2. The molecule has 1 aromatic heterocycles. The summed E-state index contributed by atoms with van der Waals surface area (Å²) in [4.78, 5) is 2.35. The van der Waals surface area contributed by atoms with Crippen LogP contribution in [-0.4, -0.2) is 0 Å². The lowest BCUT2D eigenvalue weighted by atomic mass is 9.93. The van der Waals surface area contributed by atoms with E-state index in [4.69, 9.17) is 4.42 Å². The monoisotopic (exact) mass is 687 g/mol. The first kappa shape index (κ1) is 30.5. The van der Waals surface area contributed by atoms with Crippen molar-refractivity contribution in [3.05, 3.63) is 200 Å². The fourth-order valence-electron chi connectivity index (χ4n) is 8.33. The molecule has 0 saturated heterocycles. The maximum Gasteiger partial charge on any atom is 0.143 e. The van der Waals surface area contributed by atoms with E-state index in [1.807, 2.05) is 0 Å². The molecule has 252 valence electrons. The first-order chi connectivity index (χ1) is 26.7.